The van der Waals surface area contributed by atoms with Crippen molar-refractivity contribution in [1.29, 1.82) is 0 Å². The molecule has 46 valence electrons. The fraction of sp³-hybridized carbons (Fsp3) is 0. The average Bonchev–Trinajstić information content (AvgIpc) is 0. The molecule has 0 spiro atoms. The zero-order valence-electron chi connectivity index (χ0n) is 2.91. The molecule has 10 N–H and O–H groups in total. The van der Waals surface area contributed by atoms with E-state index in [0.29, 0.717) is 0 Å². The second-order valence-corrected chi connectivity index (χ2v) is 0. The zero-order valence-corrected chi connectivity index (χ0v) is 4.92. The summed E-state index contributed by atoms with van der Waals surface area (Å²) in [5, 5.41) is 0. The van der Waals surface area contributed by atoms with Crippen molar-refractivity contribution in [1.82, 2.24) is 0 Å². The number of hydrogen-bond acceptors (Lipinski definition) is 0. The molecule has 0 rings (SSSR count). The van der Waals surface area contributed by atoms with Crippen LogP contribution in [0, 0.1) is 0 Å². The Morgan fingerprint density at radius 3 is 0.333 bits per heavy atom. The van der Waals surface area contributed by atoms with Crippen LogP contribution in [0.2, 0.25) is 0 Å². The first-order valence-corrected chi connectivity index (χ1v) is 0. The van der Waals surface area contributed by atoms with Crippen LogP contribution in [0.4, 0.5) is 0 Å². The van der Waals surface area contributed by atoms with Crippen LogP contribution in [0.3, 0.4) is 0 Å². The summed E-state index contributed by atoms with van der Waals surface area (Å²) in [6.45, 7) is 0. The molecule has 0 atom stereocenters. The maximum Gasteiger partial charge on any atom is 0 e. The predicted molar refractivity (Wildman–Crippen MR) is 18.1 cm³/mol. The van der Waals surface area contributed by atoms with Crippen LogP contribution >= 0.6 is 0 Å². The maximum atomic E-state index is 0. The Morgan fingerprint density at radius 2 is 0.333 bits per heavy atom. The van der Waals surface area contributed by atoms with Gasteiger partial charge in [-0.25, -0.2) is 0 Å². The van der Waals surface area contributed by atoms with Crippen LogP contribution in [0.25, 0.3) is 0 Å². The Balaban J connectivity index is 0. The molecule has 0 aromatic rings. The van der Waals surface area contributed by atoms with Crippen molar-refractivity contribution >= 4 is 0 Å². The third-order valence-electron chi connectivity index (χ3n) is 0. The van der Waals surface area contributed by atoms with Crippen LogP contribution < -0.4 is 0 Å². The molecule has 0 aromatic heterocycles. The van der Waals surface area contributed by atoms with Gasteiger partial charge in [-0.2, -0.15) is 0 Å². The molecule has 6 heavy (non-hydrogen) atoms. The van der Waals surface area contributed by atoms with Crippen molar-refractivity contribution in [3.05, 3.63) is 0 Å². The van der Waals surface area contributed by atoms with Gasteiger partial charge in [-0.1, -0.05) is 0 Å². The first-order valence-electron chi connectivity index (χ1n) is 0. The van der Waals surface area contributed by atoms with Crippen molar-refractivity contribution in [3.8, 4) is 0 Å². The van der Waals surface area contributed by atoms with Gasteiger partial charge in [-0.05, 0) is 0 Å². The maximum absolute atomic E-state index is 0. The Labute approximate surface area is 49.2 Å². The molecule has 0 unspecified atom stereocenters. The normalized spacial score (nSPS) is 0. The van der Waals surface area contributed by atoms with Gasteiger partial charge in [0.25, 0.3) is 0 Å². The van der Waals surface area contributed by atoms with Gasteiger partial charge in [0.15, 0.2) is 0 Å². The van der Waals surface area contributed by atoms with Gasteiger partial charge < -0.3 is 27.4 Å². The topological polar surface area (TPSA) is 158 Å². The summed E-state index contributed by atoms with van der Waals surface area (Å²) in [5.74, 6) is 0. The molecule has 0 fully saturated rings. The fourth-order valence-corrected chi connectivity index (χ4v) is 0. The molecule has 0 aliphatic rings. The average molecular weight is 186 g/mol. The van der Waals surface area contributed by atoms with Gasteiger partial charge in [0.05, 0.1) is 0 Å². The van der Waals surface area contributed by atoms with Crippen molar-refractivity contribution in [2.24, 2.45) is 0 Å². The molecule has 0 aliphatic carbocycles. The Bertz CT molecular complexity index is 3.90. The van der Waals surface area contributed by atoms with E-state index in [2.05, 4.69) is 0 Å². The Hall–Kier alpha value is 0.488. The van der Waals surface area contributed by atoms with E-state index >= 15 is 0 Å². The van der Waals surface area contributed by atoms with E-state index < -0.39 is 0 Å². The van der Waals surface area contributed by atoms with E-state index in [-0.39, 0.29) is 48.4 Å². The third-order valence-corrected chi connectivity index (χ3v) is 0. The molecular formula is H10MoO5. The van der Waals surface area contributed by atoms with Crippen molar-refractivity contribution in [3.63, 3.8) is 0 Å². The molecule has 0 bridgehead atoms. The Morgan fingerprint density at radius 1 is 0.333 bits per heavy atom. The molecule has 0 heterocycles. The predicted octanol–water partition coefficient (Wildman–Crippen LogP) is -4.13. The van der Waals surface area contributed by atoms with E-state index in [1.54, 1.807) is 0 Å². The second kappa shape index (κ2) is 464. The molecule has 6 heteroatoms. The molecule has 0 saturated carbocycles. The van der Waals surface area contributed by atoms with Gasteiger partial charge in [-0.3, -0.25) is 0 Å². The summed E-state index contributed by atoms with van der Waals surface area (Å²) in [4.78, 5) is 0. The molecule has 0 saturated heterocycles. The number of rotatable bonds is 0. The smallest absolute Gasteiger partial charge is 0 e. The SMILES string of the molecule is O.O.O.O.O.[Mo]. The van der Waals surface area contributed by atoms with E-state index in [1.165, 1.54) is 0 Å². The minimum Gasteiger partial charge on any atom is -0.412 e. The van der Waals surface area contributed by atoms with Crippen molar-refractivity contribution in [2.45, 2.75) is 0 Å². The molecule has 0 radical (unpaired) electrons. The third kappa shape index (κ3) is 229. The standard InChI is InChI=1S/Mo.5H2O/h;5*1H2. The van der Waals surface area contributed by atoms with Crippen LogP contribution in [-0.2, 0) is 21.1 Å². The summed E-state index contributed by atoms with van der Waals surface area (Å²) in [6, 6.07) is 0. The van der Waals surface area contributed by atoms with Gasteiger partial charge in [0.2, 0.25) is 0 Å². The van der Waals surface area contributed by atoms with Crippen molar-refractivity contribution in [2.75, 3.05) is 0 Å². The first-order chi connectivity index (χ1) is 0. The second-order valence-electron chi connectivity index (χ2n) is 0. The van der Waals surface area contributed by atoms with Gasteiger partial charge >= 0.3 is 0 Å². The monoisotopic (exact) mass is 188 g/mol. The summed E-state index contributed by atoms with van der Waals surface area (Å²) in [7, 11) is 0. The summed E-state index contributed by atoms with van der Waals surface area (Å²) >= 11 is 0. The van der Waals surface area contributed by atoms with E-state index in [9.17, 15) is 0 Å². The van der Waals surface area contributed by atoms with E-state index in [0.717, 1.165) is 0 Å². The molecule has 5 nitrogen and oxygen atoms in total. The number of hydrogen-bond donors (Lipinski definition) is 0. The van der Waals surface area contributed by atoms with Crippen LogP contribution in [0.5, 0.6) is 0 Å². The van der Waals surface area contributed by atoms with Crippen LogP contribution in [0.15, 0.2) is 0 Å². The van der Waals surface area contributed by atoms with Crippen LogP contribution in [-0.4, -0.2) is 27.4 Å². The minimum atomic E-state index is 0. The molecule has 0 aliphatic heterocycles. The minimum absolute atomic E-state index is 0. The van der Waals surface area contributed by atoms with Crippen LogP contribution in [0.1, 0.15) is 0 Å². The van der Waals surface area contributed by atoms with Gasteiger partial charge in [-0.15, -0.1) is 0 Å². The van der Waals surface area contributed by atoms with Crippen molar-refractivity contribution < 1.29 is 48.4 Å². The quantitative estimate of drug-likeness (QED) is 0.336. The summed E-state index contributed by atoms with van der Waals surface area (Å²) in [5.41, 5.74) is 0. The van der Waals surface area contributed by atoms with Gasteiger partial charge in [0, 0.05) is 21.1 Å². The van der Waals surface area contributed by atoms with Gasteiger partial charge in [0.1, 0.15) is 0 Å². The largest absolute Gasteiger partial charge is 0.412 e. The summed E-state index contributed by atoms with van der Waals surface area (Å²) in [6.07, 6.45) is 0. The van der Waals surface area contributed by atoms with E-state index in [1.807, 2.05) is 0 Å². The fourth-order valence-electron chi connectivity index (χ4n) is 0. The molecule has 0 aromatic carbocycles. The Kier molecular flexibility index (Phi) is 63300. The van der Waals surface area contributed by atoms with E-state index in [4.69, 9.17) is 0 Å². The molecular weight excluding hydrogens is 176 g/mol. The summed E-state index contributed by atoms with van der Waals surface area (Å²) < 4.78 is 0. The first kappa shape index (κ1) is 820. The zero-order chi connectivity index (χ0) is 0. The molecule has 0 amide bonds.